The van der Waals surface area contributed by atoms with Crippen molar-refractivity contribution in [3.8, 4) is 78.5 Å². The lowest BCUT2D eigenvalue weighted by molar-refractivity contribution is 0.356. The molecule has 5 aromatic heterocycles. The molecule has 0 N–H and O–H groups in total. The van der Waals surface area contributed by atoms with Gasteiger partial charge in [-0.3, -0.25) is 0 Å². The van der Waals surface area contributed by atoms with E-state index in [-0.39, 0.29) is 0 Å². The highest BCUT2D eigenvalue weighted by molar-refractivity contribution is 7.25. The Labute approximate surface area is 690 Å². The van der Waals surface area contributed by atoms with Crippen molar-refractivity contribution in [2.24, 2.45) is 0 Å². The van der Waals surface area contributed by atoms with Crippen LogP contribution in [0.4, 0.5) is 34.1 Å². The molecule has 0 aliphatic carbocycles. The average molecular weight is 1550 g/mol. The van der Waals surface area contributed by atoms with Crippen LogP contribution in [-0.4, -0.2) is 23.4 Å². The fraction of sp³-hybridized carbons (Fsp3) is 0.0182. The Hall–Kier alpha value is -15.4. The zero-order valence-corrected chi connectivity index (χ0v) is 65.9. The first kappa shape index (κ1) is 70.2. The molecule has 23 rings (SSSR count). The fourth-order valence-corrected chi connectivity index (χ4v) is 18.8. The number of furan rings is 2. The summed E-state index contributed by atoms with van der Waals surface area (Å²) >= 11 is 1.85. The Bertz CT molecular complexity index is 7780. The second-order valence-electron chi connectivity index (χ2n) is 30.2. The lowest BCUT2D eigenvalue weighted by Gasteiger charge is -2.27. The maximum Gasteiger partial charge on any atom is 0.162 e. The topological polar surface area (TPSA) is 61.1 Å². The fourth-order valence-electron chi connectivity index (χ4n) is 17.7. The van der Waals surface area contributed by atoms with Crippen LogP contribution in [-0.2, 0) is 0 Å². The average Bonchev–Trinajstić information content (AvgIpc) is 1.57. The van der Waals surface area contributed by atoms with Gasteiger partial charge in [0.15, 0.2) is 11.5 Å². The van der Waals surface area contributed by atoms with Gasteiger partial charge in [-0.2, -0.15) is 0 Å². The quantitative estimate of drug-likeness (QED) is 0.102. The summed E-state index contributed by atoms with van der Waals surface area (Å²) in [6.07, 6.45) is 0. The van der Waals surface area contributed by atoms with E-state index in [0.717, 1.165) is 133 Å². The molecule has 18 aromatic carbocycles. The molecule has 5 heterocycles. The number of aromatic nitrogens is 2. The maximum absolute atomic E-state index is 6.29. The number of anilines is 6. The van der Waals surface area contributed by atoms with E-state index in [0.29, 0.717) is 11.5 Å². The summed E-state index contributed by atoms with van der Waals surface area (Å²) in [7, 11) is 3.38. The van der Waals surface area contributed by atoms with Crippen LogP contribution in [0.5, 0.6) is 11.5 Å². The van der Waals surface area contributed by atoms with Gasteiger partial charge in [-0.1, -0.05) is 255 Å². The van der Waals surface area contributed by atoms with Crippen molar-refractivity contribution in [2.75, 3.05) is 24.0 Å². The number of hydrogen-bond donors (Lipinski definition) is 0. The van der Waals surface area contributed by atoms with Crippen LogP contribution in [0, 0.1) is 0 Å². The van der Waals surface area contributed by atoms with Crippen LogP contribution in [0.1, 0.15) is 0 Å². The number of nitrogens with zero attached hydrogens (tertiary/aromatic N) is 4. The number of fused-ring (bicyclic) bond motifs is 15. The Morgan fingerprint density at radius 1 is 0.227 bits per heavy atom. The highest BCUT2D eigenvalue weighted by Crippen LogP contribution is 2.51. The minimum absolute atomic E-state index is 0.663. The van der Waals surface area contributed by atoms with Crippen molar-refractivity contribution in [3.05, 3.63) is 413 Å². The van der Waals surface area contributed by atoms with Crippen LogP contribution in [0.2, 0.25) is 0 Å². The SMILES string of the molecule is COc1cc2c3c(N(c4ccc(-c5ccccc5)cc4)c4ccc(-c5ccc(-c6ccccc6)cc5)cc4)cccc3n(-c3ccc4oc5ccccc5c4c3)c2cc1OC.c1ccc(-c2ccc(-c3ccc4c(c3)c3c(N(c5ccccc5)c5ccc6sc7ccccc7c6c5)cccc3n4-c3ccc4oc5ccccc5c4c3)cc2)cc1. The first-order chi connectivity index (χ1) is 58.9. The molecule has 0 atom stereocenters. The number of benzene rings is 18. The third kappa shape index (κ3) is 12.4. The first-order valence-corrected chi connectivity index (χ1v) is 41.0. The van der Waals surface area contributed by atoms with Crippen molar-refractivity contribution >= 4 is 153 Å². The van der Waals surface area contributed by atoms with Gasteiger partial charge < -0.3 is 37.2 Å². The lowest BCUT2D eigenvalue weighted by atomic mass is 9.98. The van der Waals surface area contributed by atoms with E-state index < -0.39 is 0 Å². The number of ether oxygens (including phenoxy) is 2. The molecule has 0 amide bonds. The third-order valence-electron chi connectivity index (χ3n) is 23.4. The summed E-state index contributed by atoms with van der Waals surface area (Å²) < 4.78 is 31.8. The van der Waals surface area contributed by atoms with Gasteiger partial charge in [0.25, 0.3) is 0 Å². The highest BCUT2D eigenvalue weighted by atomic mass is 32.1. The zero-order valence-electron chi connectivity index (χ0n) is 65.1. The molecular weight excluding hydrogens is 1470 g/mol. The molecule has 0 saturated carbocycles. The van der Waals surface area contributed by atoms with Gasteiger partial charge >= 0.3 is 0 Å². The van der Waals surface area contributed by atoms with Crippen molar-refractivity contribution in [1.29, 1.82) is 0 Å². The lowest BCUT2D eigenvalue weighted by Crippen LogP contribution is -2.10. The van der Waals surface area contributed by atoms with Crippen molar-refractivity contribution in [1.82, 2.24) is 9.13 Å². The maximum atomic E-state index is 6.29. The second-order valence-corrected chi connectivity index (χ2v) is 31.2. The molecule has 0 spiro atoms. The Morgan fingerprint density at radius 2 is 0.597 bits per heavy atom. The highest BCUT2D eigenvalue weighted by Gasteiger charge is 2.27. The van der Waals surface area contributed by atoms with Crippen LogP contribution in [0.3, 0.4) is 0 Å². The molecular formula is C110H74N4O4S. The predicted molar refractivity (Wildman–Crippen MR) is 499 cm³/mol. The van der Waals surface area contributed by atoms with Crippen LogP contribution in [0.25, 0.3) is 175 Å². The normalized spacial score (nSPS) is 11.6. The molecule has 0 bridgehead atoms. The Kier molecular flexibility index (Phi) is 17.4. The predicted octanol–water partition coefficient (Wildman–Crippen LogP) is 31.0. The second kappa shape index (κ2) is 29.5. The molecule has 9 heteroatoms. The number of methoxy groups -OCH3 is 2. The molecule has 0 fully saturated rings. The standard InChI is InChI=1S/C56H40N2O3.C54H34N2OS/c1-59-54-35-48-51(36-55(54)60-2)58(45-32-33-53-47(34-45)46-16-9-10-19-52(46)61-53)50-18-11-17-49(56(48)50)57(43-28-24-41(25-29-43)38-14-7-4-8-15-38)44-30-26-42(27-31-44)40-22-20-39(21-23-40)37-12-5-3-6-13-37;1-3-12-35(13-4-1)36-22-24-37(25-23-36)38-26-29-47-46(32-38)54-48(18-11-19-49(54)56(47)41-27-30-51-44(33-41)42-16-7-9-20-50(42)57-51)55(39-14-5-2-6-15-39)40-28-31-53-45(34-40)43-17-8-10-21-52(43)58-53/h3-36H,1-2H3;1-34H. The van der Waals surface area contributed by atoms with Crippen LogP contribution >= 0.6 is 11.3 Å². The van der Waals surface area contributed by atoms with E-state index in [1.54, 1.807) is 14.2 Å². The van der Waals surface area contributed by atoms with Gasteiger partial charge in [0.1, 0.15) is 22.3 Å². The van der Waals surface area contributed by atoms with Gasteiger partial charge in [-0.15, -0.1) is 11.3 Å². The summed E-state index contributed by atoms with van der Waals surface area (Å²) in [5.41, 5.74) is 28.3. The van der Waals surface area contributed by atoms with Crippen LogP contribution < -0.4 is 19.3 Å². The smallest absolute Gasteiger partial charge is 0.162 e. The van der Waals surface area contributed by atoms with Gasteiger partial charge in [0.2, 0.25) is 0 Å². The van der Waals surface area contributed by atoms with Gasteiger partial charge in [0, 0.05) is 103 Å². The van der Waals surface area contributed by atoms with Crippen molar-refractivity contribution in [2.45, 2.75) is 0 Å². The molecule has 0 unspecified atom stereocenters. The number of para-hydroxylation sites is 3. The molecule has 0 aliphatic heterocycles. The number of rotatable bonds is 15. The summed E-state index contributed by atoms with van der Waals surface area (Å²) in [6, 6.07) is 148. The third-order valence-corrected chi connectivity index (χ3v) is 24.6. The monoisotopic (exact) mass is 1550 g/mol. The van der Waals surface area contributed by atoms with Crippen LogP contribution in [0.15, 0.2) is 421 Å². The zero-order chi connectivity index (χ0) is 79.0. The Balaban J connectivity index is 0.000000143. The van der Waals surface area contributed by atoms with E-state index >= 15 is 0 Å². The first-order valence-electron chi connectivity index (χ1n) is 40.1. The van der Waals surface area contributed by atoms with Crippen molar-refractivity contribution in [3.63, 3.8) is 0 Å². The van der Waals surface area contributed by atoms with Crippen molar-refractivity contribution < 1.29 is 18.3 Å². The van der Waals surface area contributed by atoms with Gasteiger partial charge in [0.05, 0.1) is 47.7 Å². The molecule has 564 valence electrons. The Morgan fingerprint density at radius 3 is 1.10 bits per heavy atom. The molecule has 8 nitrogen and oxygen atoms in total. The summed E-state index contributed by atoms with van der Waals surface area (Å²) in [4.78, 5) is 4.80. The molecule has 0 radical (unpaired) electrons. The largest absolute Gasteiger partial charge is 0.493 e. The van der Waals surface area contributed by atoms with Gasteiger partial charge in [-0.25, -0.2) is 0 Å². The molecule has 0 aliphatic rings. The summed E-state index contributed by atoms with van der Waals surface area (Å²) in [5.74, 6) is 1.33. The number of hydrogen-bond acceptors (Lipinski definition) is 7. The molecule has 0 saturated heterocycles. The van der Waals surface area contributed by atoms with E-state index in [2.05, 4.69) is 407 Å². The number of thiophene rings is 1. The van der Waals surface area contributed by atoms with E-state index in [1.807, 2.05) is 35.6 Å². The minimum atomic E-state index is 0.663. The molecule has 119 heavy (non-hydrogen) atoms. The van der Waals surface area contributed by atoms with Gasteiger partial charge in [-0.05, 0) is 207 Å². The van der Waals surface area contributed by atoms with E-state index in [4.69, 9.17) is 18.3 Å². The molecule has 23 aromatic rings. The minimum Gasteiger partial charge on any atom is -0.493 e. The van der Waals surface area contributed by atoms with E-state index in [1.165, 1.54) is 75.5 Å². The van der Waals surface area contributed by atoms with E-state index in [9.17, 15) is 0 Å². The summed E-state index contributed by atoms with van der Waals surface area (Å²) in [6.45, 7) is 0. The summed E-state index contributed by atoms with van der Waals surface area (Å²) in [5, 5.41) is 11.4.